The Bertz CT molecular complexity index is 629. The van der Waals surface area contributed by atoms with Crippen LogP contribution in [0.1, 0.15) is 35.6 Å². The van der Waals surface area contributed by atoms with Crippen molar-refractivity contribution in [1.82, 2.24) is 14.8 Å². The summed E-state index contributed by atoms with van der Waals surface area (Å²) >= 11 is 6.04. The number of carbonyl (C=O) groups excluding carboxylic acids is 1. The molecule has 0 radical (unpaired) electrons. The number of aromatic nitrogens is 3. The molecule has 0 spiro atoms. The maximum Gasteiger partial charge on any atom is 0.377 e. The Morgan fingerprint density at radius 1 is 1.52 bits per heavy atom. The Morgan fingerprint density at radius 2 is 2.29 bits per heavy atom. The number of halogens is 1. The molecule has 2 rings (SSSR count). The molecule has 1 aromatic carbocycles. The van der Waals surface area contributed by atoms with Crippen LogP contribution in [-0.2, 0) is 4.74 Å². The largest absolute Gasteiger partial charge is 0.463 e. The highest BCUT2D eigenvalue weighted by atomic mass is 35.5. The van der Waals surface area contributed by atoms with E-state index in [1.165, 1.54) is 13.4 Å². The molecule has 112 valence electrons. The fraction of sp³-hybridized carbons (Fsp3) is 0.357. The normalized spacial score (nSPS) is 13.7. The average molecular weight is 309 g/mol. The van der Waals surface area contributed by atoms with Gasteiger partial charge < -0.3 is 10.5 Å². The van der Waals surface area contributed by atoms with Crippen LogP contribution in [0, 0.1) is 0 Å². The first-order valence-electron chi connectivity index (χ1n) is 6.57. The summed E-state index contributed by atoms with van der Waals surface area (Å²) in [5, 5.41) is 4.78. The van der Waals surface area contributed by atoms with Crippen LogP contribution < -0.4 is 5.73 Å². The zero-order valence-corrected chi connectivity index (χ0v) is 12.6. The lowest BCUT2D eigenvalue weighted by molar-refractivity contribution is 0.0586. The van der Waals surface area contributed by atoms with E-state index >= 15 is 0 Å². The van der Waals surface area contributed by atoms with Crippen molar-refractivity contribution in [3.8, 4) is 0 Å². The van der Waals surface area contributed by atoms with Crippen LogP contribution in [0.3, 0.4) is 0 Å². The van der Waals surface area contributed by atoms with Gasteiger partial charge in [-0.25, -0.2) is 14.5 Å². The van der Waals surface area contributed by atoms with Crippen LogP contribution in [0.4, 0.5) is 0 Å². The van der Waals surface area contributed by atoms with E-state index in [0.29, 0.717) is 5.02 Å². The molecule has 7 heteroatoms. The Balaban J connectivity index is 2.41. The molecular formula is C14H17ClN4O2. The van der Waals surface area contributed by atoms with Gasteiger partial charge >= 0.3 is 5.97 Å². The number of carbonyl (C=O) groups is 1. The lowest BCUT2D eigenvalue weighted by Crippen LogP contribution is -2.33. The third-order valence-corrected chi connectivity index (χ3v) is 3.46. The SMILES string of the molecule is CCC(N)C(c1cccc(Cl)c1)n1cnc(C(=O)OC)n1. The van der Waals surface area contributed by atoms with Crippen molar-refractivity contribution in [2.45, 2.75) is 25.4 Å². The topological polar surface area (TPSA) is 83.0 Å². The number of esters is 1. The van der Waals surface area contributed by atoms with Crippen LogP contribution in [0.15, 0.2) is 30.6 Å². The lowest BCUT2D eigenvalue weighted by Gasteiger charge is -2.23. The molecule has 0 amide bonds. The maximum absolute atomic E-state index is 11.5. The molecule has 2 aromatic rings. The first kappa shape index (κ1) is 15.5. The number of rotatable bonds is 5. The summed E-state index contributed by atoms with van der Waals surface area (Å²) in [6.45, 7) is 1.99. The molecule has 0 saturated heterocycles. The zero-order valence-electron chi connectivity index (χ0n) is 11.9. The van der Waals surface area contributed by atoms with E-state index in [-0.39, 0.29) is 17.9 Å². The van der Waals surface area contributed by atoms with Crippen molar-refractivity contribution in [2.75, 3.05) is 7.11 Å². The second-order valence-corrected chi connectivity index (χ2v) is 5.05. The average Bonchev–Trinajstić information content (AvgIpc) is 2.96. The predicted octanol–water partition coefficient (Wildman–Crippen LogP) is 2.04. The highest BCUT2D eigenvalue weighted by Gasteiger charge is 2.23. The van der Waals surface area contributed by atoms with Gasteiger partial charge in [0.25, 0.3) is 5.82 Å². The number of hydrogen-bond donors (Lipinski definition) is 1. The van der Waals surface area contributed by atoms with Gasteiger partial charge in [0.1, 0.15) is 6.33 Å². The van der Waals surface area contributed by atoms with Crippen molar-refractivity contribution in [1.29, 1.82) is 0 Å². The Kier molecular flexibility index (Phi) is 4.93. The number of hydrogen-bond acceptors (Lipinski definition) is 5. The smallest absolute Gasteiger partial charge is 0.377 e. The molecule has 0 bridgehead atoms. The van der Waals surface area contributed by atoms with Gasteiger partial charge in [-0.2, -0.15) is 0 Å². The lowest BCUT2D eigenvalue weighted by atomic mass is 9.98. The molecule has 0 aliphatic rings. The number of methoxy groups -OCH3 is 1. The van der Waals surface area contributed by atoms with Crippen LogP contribution >= 0.6 is 11.6 Å². The summed E-state index contributed by atoms with van der Waals surface area (Å²) in [5.41, 5.74) is 7.12. The second kappa shape index (κ2) is 6.69. The Labute approximate surface area is 127 Å². The summed E-state index contributed by atoms with van der Waals surface area (Å²) in [4.78, 5) is 15.4. The van der Waals surface area contributed by atoms with Gasteiger partial charge in [0.2, 0.25) is 0 Å². The van der Waals surface area contributed by atoms with Crippen molar-refractivity contribution in [2.24, 2.45) is 5.73 Å². The summed E-state index contributed by atoms with van der Waals surface area (Å²) in [7, 11) is 1.29. The van der Waals surface area contributed by atoms with Crippen molar-refractivity contribution >= 4 is 17.6 Å². The van der Waals surface area contributed by atoms with Crippen LogP contribution in [0.25, 0.3) is 0 Å². The summed E-state index contributed by atoms with van der Waals surface area (Å²) in [5.74, 6) is -0.573. The van der Waals surface area contributed by atoms with Crippen LogP contribution in [0.5, 0.6) is 0 Å². The quantitative estimate of drug-likeness (QED) is 0.855. The standard InChI is InChI=1S/C14H17ClN4O2/c1-3-11(16)12(9-5-4-6-10(15)7-9)19-8-17-13(18-19)14(20)21-2/h4-8,11-12H,3,16H2,1-2H3. The molecule has 1 aromatic heterocycles. The second-order valence-electron chi connectivity index (χ2n) is 4.61. The third kappa shape index (κ3) is 3.40. The number of benzene rings is 1. The zero-order chi connectivity index (χ0) is 15.4. The summed E-state index contributed by atoms with van der Waals surface area (Å²) in [6, 6.07) is 6.97. The first-order valence-corrected chi connectivity index (χ1v) is 6.95. The molecule has 0 fully saturated rings. The fourth-order valence-corrected chi connectivity index (χ4v) is 2.30. The molecule has 2 atom stereocenters. The number of ether oxygens (including phenoxy) is 1. The fourth-order valence-electron chi connectivity index (χ4n) is 2.10. The molecule has 21 heavy (non-hydrogen) atoms. The van der Waals surface area contributed by atoms with Crippen molar-refractivity contribution in [3.05, 3.63) is 47.0 Å². The van der Waals surface area contributed by atoms with E-state index in [1.807, 2.05) is 25.1 Å². The molecule has 6 nitrogen and oxygen atoms in total. The minimum absolute atomic E-state index is 0.00725. The van der Waals surface area contributed by atoms with Gasteiger partial charge in [0, 0.05) is 11.1 Å². The minimum Gasteiger partial charge on any atom is -0.463 e. The Morgan fingerprint density at radius 3 is 2.90 bits per heavy atom. The van der Waals surface area contributed by atoms with Gasteiger partial charge in [-0.05, 0) is 24.1 Å². The maximum atomic E-state index is 11.5. The van der Waals surface area contributed by atoms with E-state index in [1.54, 1.807) is 10.7 Å². The summed E-state index contributed by atoms with van der Waals surface area (Å²) < 4.78 is 6.19. The van der Waals surface area contributed by atoms with E-state index in [4.69, 9.17) is 17.3 Å². The molecule has 0 saturated carbocycles. The van der Waals surface area contributed by atoms with E-state index in [0.717, 1.165) is 12.0 Å². The van der Waals surface area contributed by atoms with Gasteiger partial charge in [0.05, 0.1) is 13.2 Å². The third-order valence-electron chi connectivity index (χ3n) is 3.23. The minimum atomic E-state index is -0.580. The van der Waals surface area contributed by atoms with Crippen molar-refractivity contribution in [3.63, 3.8) is 0 Å². The van der Waals surface area contributed by atoms with E-state index in [9.17, 15) is 4.79 Å². The van der Waals surface area contributed by atoms with Crippen LogP contribution in [0.2, 0.25) is 5.02 Å². The molecule has 1 heterocycles. The van der Waals surface area contributed by atoms with E-state index in [2.05, 4.69) is 14.8 Å². The number of nitrogens with zero attached hydrogens (tertiary/aromatic N) is 3. The van der Waals surface area contributed by atoms with E-state index < -0.39 is 5.97 Å². The monoisotopic (exact) mass is 308 g/mol. The first-order chi connectivity index (χ1) is 10.1. The van der Waals surface area contributed by atoms with Gasteiger partial charge in [-0.15, -0.1) is 5.10 Å². The summed E-state index contributed by atoms with van der Waals surface area (Å²) in [6.07, 6.45) is 2.22. The molecule has 2 unspecified atom stereocenters. The van der Waals surface area contributed by atoms with Crippen LogP contribution in [-0.4, -0.2) is 33.9 Å². The van der Waals surface area contributed by atoms with Gasteiger partial charge in [-0.1, -0.05) is 30.7 Å². The van der Waals surface area contributed by atoms with Gasteiger partial charge in [-0.3, -0.25) is 0 Å². The number of nitrogens with two attached hydrogens (primary N) is 1. The van der Waals surface area contributed by atoms with Gasteiger partial charge in [0.15, 0.2) is 0 Å². The highest BCUT2D eigenvalue weighted by molar-refractivity contribution is 6.30. The molecule has 0 aliphatic carbocycles. The Hall–Kier alpha value is -1.92. The predicted molar refractivity (Wildman–Crippen MR) is 79.2 cm³/mol. The molecular weight excluding hydrogens is 292 g/mol. The molecule has 0 aliphatic heterocycles. The highest BCUT2D eigenvalue weighted by Crippen LogP contribution is 2.24. The van der Waals surface area contributed by atoms with Crippen molar-refractivity contribution < 1.29 is 9.53 Å². The molecule has 2 N–H and O–H groups in total.